The van der Waals surface area contributed by atoms with Gasteiger partial charge in [-0.2, -0.15) is 0 Å². The highest BCUT2D eigenvalue weighted by Gasteiger charge is 2.02. The first kappa shape index (κ1) is 6.09. The van der Waals surface area contributed by atoms with E-state index in [0.717, 1.165) is 6.55 Å². The van der Waals surface area contributed by atoms with Crippen LogP contribution in [0.2, 0.25) is 0 Å². The van der Waals surface area contributed by atoms with Gasteiger partial charge in [0.2, 0.25) is 0 Å². The number of nitro groups is 1. The SMILES string of the molecule is [2H]C=Cc1cccc([N+](=O)[O-])c1. The topological polar surface area (TPSA) is 43.1 Å². The number of hydrogen-bond acceptors (Lipinski definition) is 2. The molecule has 0 atom stereocenters. The van der Waals surface area contributed by atoms with E-state index in [1.165, 1.54) is 18.2 Å². The third kappa shape index (κ3) is 1.64. The maximum atomic E-state index is 10.3. The highest BCUT2D eigenvalue weighted by Crippen LogP contribution is 2.13. The molecule has 0 aliphatic rings. The van der Waals surface area contributed by atoms with Crippen molar-refractivity contribution in [2.75, 3.05) is 0 Å². The Bertz CT molecular complexity index is 323. The zero-order valence-corrected chi connectivity index (χ0v) is 5.73. The Labute approximate surface area is 65.5 Å². The number of nitro benzene ring substituents is 1. The Morgan fingerprint density at radius 1 is 1.73 bits per heavy atom. The molecule has 0 fully saturated rings. The van der Waals surface area contributed by atoms with Gasteiger partial charge in [-0.25, -0.2) is 0 Å². The third-order valence-electron chi connectivity index (χ3n) is 1.27. The molecule has 1 rings (SSSR count). The predicted molar refractivity (Wildman–Crippen MR) is 43.2 cm³/mol. The van der Waals surface area contributed by atoms with Gasteiger partial charge in [-0.3, -0.25) is 10.1 Å². The lowest BCUT2D eigenvalue weighted by Gasteiger charge is -1.91. The standard InChI is InChI=1S/C8H7NO2/c1-2-7-4-3-5-8(6-7)9(10)11/h2-6H,1H2/i1D. The lowest BCUT2D eigenvalue weighted by Crippen LogP contribution is -1.86. The Morgan fingerprint density at radius 3 is 3.18 bits per heavy atom. The van der Waals surface area contributed by atoms with E-state index in [-0.39, 0.29) is 5.69 Å². The van der Waals surface area contributed by atoms with Crippen LogP contribution in [0.15, 0.2) is 30.8 Å². The van der Waals surface area contributed by atoms with E-state index < -0.39 is 4.92 Å². The molecule has 0 unspecified atom stereocenters. The van der Waals surface area contributed by atoms with Crippen molar-refractivity contribution in [3.05, 3.63) is 46.5 Å². The quantitative estimate of drug-likeness (QED) is 0.479. The summed E-state index contributed by atoms with van der Waals surface area (Å²) < 4.78 is 6.77. The van der Waals surface area contributed by atoms with E-state index in [0.29, 0.717) is 5.56 Å². The molecule has 0 aromatic heterocycles. The van der Waals surface area contributed by atoms with Gasteiger partial charge in [-0.1, -0.05) is 24.8 Å². The van der Waals surface area contributed by atoms with Crippen LogP contribution in [-0.4, -0.2) is 4.92 Å². The molecule has 3 nitrogen and oxygen atoms in total. The molecule has 0 N–H and O–H groups in total. The fraction of sp³-hybridized carbons (Fsp3) is 0. The van der Waals surface area contributed by atoms with Crippen LogP contribution in [0.3, 0.4) is 0 Å². The highest BCUT2D eigenvalue weighted by atomic mass is 16.6. The number of rotatable bonds is 2. The van der Waals surface area contributed by atoms with Crippen molar-refractivity contribution in [2.45, 2.75) is 0 Å². The van der Waals surface area contributed by atoms with Crippen LogP contribution in [0.4, 0.5) is 5.69 Å². The van der Waals surface area contributed by atoms with Gasteiger partial charge in [-0.15, -0.1) is 0 Å². The summed E-state index contributed by atoms with van der Waals surface area (Å²) in [4.78, 5) is 9.83. The summed E-state index contributed by atoms with van der Waals surface area (Å²) in [6, 6.07) is 6.14. The van der Waals surface area contributed by atoms with E-state index in [1.54, 1.807) is 12.1 Å². The van der Waals surface area contributed by atoms with Crippen LogP contribution in [0, 0.1) is 10.1 Å². The normalized spacial score (nSPS) is 11.5. The second kappa shape index (κ2) is 2.96. The Hall–Kier alpha value is -1.64. The predicted octanol–water partition coefficient (Wildman–Crippen LogP) is 2.24. The first-order valence-corrected chi connectivity index (χ1v) is 3.03. The summed E-state index contributed by atoms with van der Waals surface area (Å²) in [5.74, 6) is 0. The highest BCUT2D eigenvalue weighted by molar-refractivity contribution is 5.51. The average molecular weight is 150 g/mol. The monoisotopic (exact) mass is 150 g/mol. The number of benzene rings is 1. The van der Waals surface area contributed by atoms with Gasteiger partial charge in [0.05, 0.1) is 6.29 Å². The van der Waals surface area contributed by atoms with Crippen LogP contribution in [0.25, 0.3) is 6.08 Å². The molecule has 0 bridgehead atoms. The summed E-state index contributed by atoms with van der Waals surface area (Å²) in [7, 11) is 0. The minimum atomic E-state index is -0.457. The molecule has 1 aromatic rings. The zero-order chi connectivity index (χ0) is 8.97. The minimum Gasteiger partial charge on any atom is -0.258 e. The second-order valence-electron chi connectivity index (χ2n) is 2.02. The average Bonchev–Trinajstić information content (AvgIpc) is 2.05. The van der Waals surface area contributed by atoms with Gasteiger partial charge in [0.1, 0.15) is 0 Å². The molecule has 0 aliphatic carbocycles. The lowest BCUT2D eigenvalue weighted by molar-refractivity contribution is -0.384. The Balaban J connectivity index is 3.03. The molecule has 11 heavy (non-hydrogen) atoms. The van der Waals surface area contributed by atoms with Crippen molar-refractivity contribution in [1.82, 2.24) is 0 Å². The number of nitrogens with zero attached hydrogens (tertiary/aromatic N) is 1. The molecule has 0 saturated carbocycles. The minimum absolute atomic E-state index is 0.0469. The van der Waals surface area contributed by atoms with Gasteiger partial charge in [0, 0.05) is 12.1 Å². The van der Waals surface area contributed by atoms with E-state index in [2.05, 4.69) is 0 Å². The van der Waals surface area contributed by atoms with Gasteiger partial charge in [0.15, 0.2) is 0 Å². The Kier molecular flexibility index (Phi) is 1.64. The summed E-state index contributed by atoms with van der Waals surface area (Å²) in [5, 5.41) is 10.3. The van der Waals surface area contributed by atoms with Crippen molar-refractivity contribution in [3.8, 4) is 0 Å². The van der Waals surface area contributed by atoms with E-state index in [4.69, 9.17) is 1.37 Å². The molecular formula is C8H7NO2. The summed E-state index contributed by atoms with van der Waals surface area (Å²) in [5.41, 5.74) is 0.713. The largest absolute Gasteiger partial charge is 0.270 e. The molecule has 3 heteroatoms. The van der Waals surface area contributed by atoms with Crippen LogP contribution >= 0.6 is 0 Å². The smallest absolute Gasteiger partial charge is 0.258 e. The van der Waals surface area contributed by atoms with Crippen molar-refractivity contribution in [2.24, 2.45) is 0 Å². The van der Waals surface area contributed by atoms with E-state index >= 15 is 0 Å². The molecule has 0 saturated heterocycles. The first-order valence-electron chi connectivity index (χ1n) is 3.61. The van der Waals surface area contributed by atoms with Crippen LogP contribution < -0.4 is 0 Å². The van der Waals surface area contributed by atoms with E-state index in [9.17, 15) is 10.1 Å². The van der Waals surface area contributed by atoms with Crippen molar-refractivity contribution in [1.29, 1.82) is 0 Å². The molecule has 56 valence electrons. The maximum Gasteiger partial charge on any atom is 0.270 e. The van der Waals surface area contributed by atoms with Gasteiger partial charge in [0.25, 0.3) is 5.69 Å². The second-order valence-corrected chi connectivity index (χ2v) is 2.02. The summed E-state index contributed by atoms with van der Waals surface area (Å²) in [6.07, 6.45) is 1.49. The zero-order valence-electron chi connectivity index (χ0n) is 6.73. The number of non-ortho nitro benzene ring substituents is 1. The molecular weight excluding hydrogens is 142 g/mol. The first-order chi connectivity index (χ1) is 5.74. The number of hydrogen-bond donors (Lipinski definition) is 0. The van der Waals surface area contributed by atoms with Crippen molar-refractivity contribution < 1.29 is 6.29 Å². The van der Waals surface area contributed by atoms with E-state index in [1.807, 2.05) is 0 Å². The molecule has 0 aliphatic heterocycles. The molecule has 0 spiro atoms. The van der Waals surface area contributed by atoms with Crippen LogP contribution in [0.1, 0.15) is 6.93 Å². The third-order valence-corrected chi connectivity index (χ3v) is 1.27. The fourth-order valence-corrected chi connectivity index (χ4v) is 0.742. The Morgan fingerprint density at radius 2 is 2.55 bits per heavy atom. The summed E-state index contributed by atoms with van der Waals surface area (Å²) >= 11 is 0. The molecule has 0 amide bonds. The van der Waals surface area contributed by atoms with Crippen molar-refractivity contribution >= 4 is 11.8 Å². The molecule has 0 heterocycles. The van der Waals surface area contributed by atoms with Crippen molar-refractivity contribution in [3.63, 3.8) is 0 Å². The van der Waals surface area contributed by atoms with Crippen LogP contribution in [0.5, 0.6) is 0 Å². The maximum absolute atomic E-state index is 10.3. The van der Waals surface area contributed by atoms with Gasteiger partial charge < -0.3 is 0 Å². The molecule has 0 radical (unpaired) electrons. The molecule has 1 aromatic carbocycles. The summed E-state index contributed by atoms with van der Waals surface area (Å²) in [6.45, 7) is 1.10. The van der Waals surface area contributed by atoms with Crippen LogP contribution in [-0.2, 0) is 0 Å². The lowest BCUT2D eigenvalue weighted by atomic mass is 10.2. The fourth-order valence-electron chi connectivity index (χ4n) is 0.742. The van der Waals surface area contributed by atoms with Gasteiger partial charge >= 0.3 is 0 Å². The van der Waals surface area contributed by atoms with Gasteiger partial charge in [-0.05, 0) is 5.56 Å².